The molecule has 3 rings (SSSR count). The molecule has 0 radical (unpaired) electrons. The summed E-state index contributed by atoms with van der Waals surface area (Å²) in [7, 11) is 0. The molecular formula is C17H15NO2. The first-order valence-electron chi connectivity index (χ1n) is 6.63. The fourth-order valence-electron chi connectivity index (χ4n) is 2.49. The van der Waals surface area contributed by atoms with E-state index >= 15 is 0 Å². The number of carbonyl (C=O) groups is 1. The van der Waals surface area contributed by atoms with Gasteiger partial charge in [0.2, 0.25) is 0 Å². The molecule has 2 heterocycles. The Morgan fingerprint density at radius 2 is 1.90 bits per heavy atom. The number of aromatic nitrogens is 1. The van der Waals surface area contributed by atoms with Gasteiger partial charge in [-0.3, -0.25) is 0 Å². The van der Waals surface area contributed by atoms with Gasteiger partial charge in [0.25, 0.3) is 0 Å². The van der Waals surface area contributed by atoms with E-state index in [-0.39, 0.29) is 0 Å². The van der Waals surface area contributed by atoms with Gasteiger partial charge in [0.1, 0.15) is 0 Å². The third-order valence-electron chi connectivity index (χ3n) is 3.57. The Balaban J connectivity index is 2.23. The van der Waals surface area contributed by atoms with Crippen LogP contribution in [0.5, 0.6) is 0 Å². The summed E-state index contributed by atoms with van der Waals surface area (Å²) in [6, 6.07) is 13.6. The average Bonchev–Trinajstić information content (AvgIpc) is 2.86. The van der Waals surface area contributed by atoms with Crippen LogP contribution in [0, 0.1) is 0 Å². The lowest BCUT2D eigenvalue weighted by atomic mass is 10.0. The lowest BCUT2D eigenvalue weighted by Gasteiger charge is -2.02. The van der Waals surface area contributed by atoms with Crippen molar-refractivity contribution in [2.75, 3.05) is 0 Å². The maximum Gasteiger partial charge on any atom is 0.338 e. The zero-order valence-corrected chi connectivity index (χ0v) is 11.2. The first-order chi connectivity index (χ1) is 9.70. The average molecular weight is 265 g/mol. The molecule has 1 aromatic carbocycles. The van der Waals surface area contributed by atoms with Gasteiger partial charge in [-0.1, -0.05) is 37.3 Å². The monoisotopic (exact) mass is 265 g/mol. The number of hydrogen-bond acceptors (Lipinski definition) is 1. The van der Waals surface area contributed by atoms with Gasteiger partial charge < -0.3 is 9.51 Å². The topological polar surface area (TPSA) is 41.7 Å². The minimum Gasteiger partial charge on any atom is -0.478 e. The van der Waals surface area contributed by atoms with Crippen LogP contribution in [0.15, 0.2) is 54.9 Å². The summed E-state index contributed by atoms with van der Waals surface area (Å²) in [4.78, 5) is 11.6. The molecule has 3 heteroatoms. The first-order valence-corrected chi connectivity index (χ1v) is 6.63. The minimum atomic E-state index is -0.895. The number of carboxylic acid groups (broad SMARTS) is 1. The number of pyridine rings is 1. The van der Waals surface area contributed by atoms with E-state index in [0.29, 0.717) is 5.56 Å². The molecule has 100 valence electrons. The lowest BCUT2D eigenvalue weighted by molar-refractivity contribution is 0.0700. The predicted molar refractivity (Wildman–Crippen MR) is 79.2 cm³/mol. The van der Waals surface area contributed by atoms with E-state index < -0.39 is 5.97 Å². The van der Waals surface area contributed by atoms with Crippen LogP contribution >= 0.6 is 0 Å². The minimum absolute atomic E-state index is 0.356. The summed E-state index contributed by atoms with van der Waals surface area (Å²) < 4.78 is 1.85. The Morgan fingerprint density at radius 1 is 1.15 bits per heavy atom. The molecule has 0 aliphatic rings. The second kappa shape index (κ2) is 4.85. The molecule has 1 N–H and O–H groups in total. The second-order valence-corrected chi connectivity index (χ2v) is 4.77. The van der Waals surface area contributed by atoms with E-state index in [4.69, 9.17) is 0 Å². The summed E-state index contributed by atoms with van der Waals surface area (Å²) >= 11 is 0. The Labute approximate surface area is 117 Å². The molecule has 0 saturated heterocycles. The van der Waals surface area contributed by atoms with Crippen molar-refractivity contribution in [2.24, 2.45) is 0 Å². The summed E-state index contributed by atoms with van der Waals surface area (Å²) in [6.07, 6.45) is 4.72. The molecule has 0 spiro atoms. The molecule has 3 aromatic rings. The molecular weight excluding hydrogens is 250 g/mol. The van der Waals surface area contributed by atoms with Crippen LogP contribution in [0.25, 0.3) is 16.6 Å². The quantitative estimate of drug-likeness (QED) is 0.781. The summed E-state index contributed by atoms with van der Waals surface area (Å²) in [6.45, 7) is 2.10. The van der Waals surface area contributed by atoms with Crippen molar-refractivity contribution in [1.29, 1.82) is 0 Å². The van der Waals surface area contributed by atoms with E-state index in [1.807, 2.05) is 59.3 Å². The van der Waals surface area contributed by atoms with Gasteiger partial charge in [-0.2, -0.15) is 0 Å². The van der Waals surface area contributed by atoms with E-state index in [1.165, 1.54) is 5.56 Å². The molecule has 0 amide bonds. The van der Waals surface area contributed by atoms with Crippen molar-refractivity contribution in [2.45, 2.75) is 13.3 Å². The first kappa shape index (κ1) is 12.5. The zero-order chi connectivity index (χ0) is 14.1. The van der Waals surface area contributed by atoms with Crippen molar-refractivity contribution < 1.29 is 9.90 Å². The molecule has 0 aliphatic carbocycles. The molecule has 3 nitrogen and oxygen atoms in total. The Hall–Kier alpha value is -2.55. The highest BCUT2D eigenvalue weighted by molar-refractivity contribution is 6.03. The van der Waals surface area contributed by atoms with Crippen molar-refractivity contribution in [3.8, 4) is 11.1 Å². The Morgan fingerprint density at radius 3 is 2.55 bits per heavy atom. The molecule has 0 atom stereocenters. The molecule has 0 bridgehead atoms. The van der Waals surface area contributed by atoms with E-state index in [0.717, 1.165) is 23.1 Å². The van der Waals surface area contributed by atoms with Crippen molar-refractivity contribution in [1.82, 2.24) is 4.40 Å². The lowest BCUT2D eigenvalue weighted by Crippen LogP contribution is -1.97. The van der Waals surface area contributed by atoms with Crippen LogP contribution in [-0.4, -0.2) is 15.5 Å². The Kier molecular flexibility index (Phi) is 3.03. The fourth-order valence-corrected chi connectivity index (χ4v) is 2.49. The largest absolute Gasteiger partial charge is 0.478 e. The highest BCUT2D eigenvalue weighted by Crippen LogP contribution is 2.29. The third-order valence-corrected chi connectivity index (χ3v) is 3.57. The van der Waals surface area contributed by atoms with Gasteiger partial charge in [0.05, 0.1) is 11.1 Å². The number of benzene rings is 1. The zero-order valence-electron chi connectivity index (χ0n) is 11.2. The van der Waals surface area contributed by atoms with Crippen LogP contribution in [0.2, 0.25) is 0 Å². The number of aromatic carboxylic acids is 1. The molecule has 0 saturated carbocycles. The normalized spacial score (nSPS) is 10.8. The molecule has 0 fully saturated rings. The molecule has 0 aliphatic heterocycles. The van der Waals surface area contributed by atoms with Gasteiger partial charge in [0, 0.05) is 18.0 Å². The second-order valence-electron chi connectivity index (χ2n) is 4.77. The highest BCUT2D eigenvalue weighted by Gasteiger charge is 2.17. The van der Waals surface area contributed by atoms with Crippen LogP contribution in [-0.2, 0) is 6.42 Å². The third kappa shape index (κ3) is 1.97. The molecule has 20 heavy (non-hydrogen) atoms. The smallest absolute Gasteiger partial charge is 0.338 e. The van der Waals surface area contributed by atoms with E-state index in [1.54, 1.807) is 0 Å². The van der Waals surface area contributed by atoms with Crippen molar-refractivity contribution >= 4 is 11.5 Å². The number of rotatable bonds is 3. The van der Waals surface area contributed by atoms with Crippen LogP contribution in [0.4, 0.5) is 0 Å². The fraction of sp³-hybridized carbons (Fsp3) is 0.118. The van der Waals surface area contributed by atoms with Crippen molar-refractivity contribution in [3.63, 3.8) is 0 Å². The van der Waals surface area contributed by atoms with Crippen LogP contribution < -0.4 is 0 Å². The summed E-state index contributed by atoms with van der Waals surface area (Å²) in [5, 5.41) is 9.50. The van der Waals surface area contributed by atoms with Crippen LogP contribution in [0.3, 0.4) is 0 Å². The van der Waals surface area contributed by atoms with Gasteiger partial charge in [-0.15, -0.1) is 0 Å². The number of nitrogens with zero attached hydrogens (tertiary/aromatic N) is 1. The number of carboxylic acids is 1. The molecule has 0 unspecified atom stereocenters. The van der Waals surface area contributed by atoms with Crippen molar-refractivity contribution in [3.05, 3.63) is 66.0 Å². The van der Waals surface area contributed by atoms with Gasteiger partial charge in [-0.05, 0) is 29.7 Å². The highest BCUT2D eigenvalue weighted by atomic mass is 16.4. The van der Waals surface area contributed by atoms with Gasteiger partial charge >= 0.3 is 5.97 Å². The Bertz CT molecular complexity index is 769. The number of aryl methyl sites for hydroxylation is 1. The van der Waals surface area contributed by atoms with E-state index in [9.17, 15) is 9.90 Å². The van der Waals surface area contributed by atoms with Gasteiger partial charge in [0.15, 0.2) is 0 Å². The molecule has 2 aromatic heterocycles. The number of hydrogen-bond donors (Lipinski definition) is 1. The standard InChI is InChI=1S/C17H15NO2/c1-2-12-6-8-13(9-7-12)14-11-18-10-4-3-5-15(18)16(14)17(19)20/h3-11H,2H2,1H3,(H,19,20). The maximum atomic E-state index is 11.6. The summed E-state index contributed by atoms with van der Waals surface area (Å²) in [5.41, 5.74) is 4.01. The van der Waals surface area contributed by atoms with E-state index in [2.05, 4.69) is 6.92 Å². The van der Waals surface area contributed by atoms with Gasteiger partial charge in [-0.25, -0.2) is 4.79 Å². The SMILES string of the molecule is CCc1ccc(-c2cn3ccccc3c2C(=O)O)cc1. The predicted octanol–water partition coefficient (Wildman–Crippen LogP) is 3.87. The maximum absolute atomic E-state index is 11.6. The van der Waals surface area contributed by atoms with Crippen LogP contribution in [0.1, 0.15) is 22.8 Å². The summed E-state index contributed by atoms with van der Waals surface area (Å²) in [5.74, 6) is -0.895. The number of fused-ring (bicyclic) bond motifs is 1.